The van der Waals surface area contributed by atoms with E-state index in [1.54, 1.807) is 0 Å². The molecule has 0 spiro atoms. The summed E-state index contributed by atoms with van der Waals surface area (Å²) in [5.41, 5.74) is 7.37. The molecular weight excluding hydrogens is 256 g/mol. The van der Waals surface area contributed by atoms with Gasteiger partial charge in [0, 0.05) is 23.9 Å². The second-order valence-electron chi connectivity index (χ2n) is 5.31. The third kappa shape index (κ3) is 3.18. The van der Waals surface area contributed by atoms with Crippen LogP contribution in [0.1, 0.15) is 56.0 Å². The fraction of sp³-hybridized carbons (Fsp3) is 0.667. The Bertz CT molecular complexity index is 430. The van der Waals surface area contributed by atoms with Crippen molar-refractivity contribution in [3.63, 3.8) is 0 Å². The Kier molecular flexibility index (Phi) is 4.99. The maximum Gasteiger partial charge on any atom is 0.224 e. The van der Waals surface area contributed by atoms with E-state index in [1.807, 2.05) is 16.2 Å². The van der Waals surface area contributed by atoms with Crippen LogP contribution < -0.4 is 5.73 Å². The van der Waals surface area contributed by atoms with Gasteiger partial charge in [-0.15, -0.1) is 11.3 Å². The lowest BCUT2D eigenvalue weighted by atomic mass is 9.96. The molecule has 19 heavy (non-hydrogen) atoms. The highest BCUT2D eigenvalue weighted by molar-refractivity contribution is 7.10. The molecule has 1 aliphatic rings. The van der Waals surface area contributed by atoms with E-state index in [-0.39, 0.29) is 18.0 Å². The normalized spacial score (nSPS) is 20.2. The minimum atomic E-state index is 0.0128. The van der Waals surface area contributed by atoms with Crippen molar-refractivity contribution in [3.05, 3.63) is 21.9 Å². The summed E-state index contributed by atoms with van der Waals surface area (Å²) < 4.78 is 0. The first-order valence-electron chi connectivity index (χ1n) is 7.28. The lowest BCUT2D eigenvalue weighted by Crippen LogP contribution is -2.41. The predicted molar refractivity (Wildman–Crippen MR) is 80.3 cm³/mol. The number of hydrogen-bond donors (Lipinski definition) is 1. The van der Waals surface area contributed by atoms with E-state index in [9.17, 15) is 4.79 Å². The zero-order valence-corrected chi connectivity index (χ0v) is 12.7. The van der Waals surface area contributed by atoms with E-state index in [2.05, 4.69) is 25.3 Å². The lowest BCUT2D eigenvalue weighted by Gasteiger charge is -2.36. The summed E-state index contributed by atoms with van der Waals surface area (Å²) >= 11 is 1.82. The Balaban J connectivity index is 2.06. The van der Waals surface area contributed by atoms with Gasteiger partial charge in [0.15, 0.2) is 0 Å². The second-order valence-corrected chi connectivity index (χ2v) is 6.31. The molecule has 1 aliphatic heterocycles. The van der Waals surface area contributed by atoms with E-state index < -0.39 is 0 Å². The molecular formula is C15H24N2OS. The van der Waals surface area contributed by atoms with Crippen LogP contribution in [0.2, 0.25) is 0 Å². The topological polar surface area (TPSA) is 46.3 Å². The van der Waals surface area contributed by atoms with Gasteiger partial charge in [-0.2, -0.15) is 0 Å². The molecule has 0 aromatic carbocycles. The number of rotatable bonds is 5. The van der Waals surface area contributed by atoms with Crippen molar-refractivity contribution in [2.24, 2.45) is 5.73 Å². The Morgan fingerprint density at radius 2 is 2.37 bits per heavy atom. The molecule has 2 atom stereocenters. The van der Waals surface area contributed by atoms with Crippen molar-refractivity contribution in [3.8, 4) is 0 Å². The van der Waals surface area contributed by atoms with Gasteiger partial charge >= 0.3 is 0 Å². The van der Waals surface area contributed by atoms with Crippen molar-refractivity contribution in [1.29, 1.82) is 0 Å². The largest absolute Gasteiger partial charge is 0.335 e. The molecule has 4 heteroatoms. The third-order valence-corrected chi connectivity index (χ3v) is 4.89. The molecule has 0 saturated heterocycles. The Morgan fingerprint density at radius 3 is 3.05 bits per heavy atom. The molecule has 0 radical (unpaired) electrons. The van der Waals surface area contributed by atoms with E-state index >= 15 is 0 Å². The van der Waals surface area contributed by atoms with E-state index in [0.29, 0.717) is 6.42 Å². The predicted octanol–water partition coefficient (Wildman–Crippen LogP) is 3.10. The number of nitrogens with two attached hydrogens (primary N) is 1. The fourth-order valence-electron chi connectivity index (χ4n) is 2.95. The Morgan fingerprint density at radius 1 is 1.58 bits per heavy atom. The Labute approximate surface area is 119 Å². The van der Waals surface area contributed by atoms with Crippen LogP contribution in [0.15, 0.2) is 11.4 Å². The third-order valence-electron chi connectivity index (χ3n) is 3.90. The molecule has 2 rings (SSSR count). The second kappa shape index (κ2) is 6.53. The smallest absolute Gasteiger partial charge is 0.224 e. The van der Waals surface area contributed by atoms with Crippen molar-refractivity contribution in [2.75, 3.05) is 6.54 Å². The van der Waals surface area contributed by atoms with Gasteiger partial charge in [-0.05, 0) is 36.3 Å². The molecule has 2 unspecified atom stereocenters. The van der Waals surface area contributed by atoms with Gasteiger partial charge in [0.05, 0.1) is 6.04 Å². The summed E-state index contributed by atoms with van der Waals surface area (Å²) in [6.45, 7) is 5.12. The molecule has 0 saturated carbocycles. The number of nitrogens with zero attached hydrogens (tertiary/aromatic N) is 1. The zero-order valence-electron chi connectivity index (χ0n) is 11.9. The summed E-state index contributed by atoms with van der Waals surface area (Å²) in [5.74, 6) is 0.227. The number of carbonyl (C=O) groups excluding carboxylic acids is 1. The van der Waals surface area contributed by atoms with Crippen LogP contribution in [-0.4, -0.2) is 23.4 Å². The summed E-state index contributed by atoms with van der Waals surface area (Å²) in [5, 5.41) is 2.14. The standard InChI is InChI=1S/C15H24N2OS/c1-3-5-11(16)10-15(18)17-8-6-14-12(7-9-19-14)13(17)4-2/h7,9,11,13H,3-6,8,10,16H2,1-2H3. The van der Waals surface area contributed by atoms with Crippen LogP contribution in [0.5, 0.6) is 0 Å². The maximum absolute atomic E-state index is 12.4. The van der Waals surface area contributed by atoms with E-state index in [0.717, 1.165) is 32.2 Å². The summed E-state index contributed by atoms with van der Waals surface area (Å²) in [6, 6.07) is 2.45. The molecule has 1 amide bonds. The SMILES string of the molecule is CCCC(N)CC(=O)N1CCc2sccc2C1CC. The monoisotopic (exact) mass is 280 g/mol. The van der Waals surface area contributed by atoms with Crippen molar-refractivity contribution in [2.45, 2.75) is 58.0 Å². The fourth-order valence-corrected chi connectivity index (χ4v) is 3.88. The minimum Gasteiger partial charge on any atom is -0.335 e. The van der Waals surface area contributed by atoms with E-state index in [1.165, 1.54) is 10.4 Å². The minimum absolute atomic E-state index is 0.0128. The van der Waals surface area contributed by atoms with Crippen LogP contribution in [-0.2, 0) is 11.2 Å². The highest BCUT2D eigenvalue weighted by atomic mass is 32.1. The average molecular weight is 280 g/mol. The number of fused-ring (bicyclic) bond motifs is 1. The van der Waals surface area contributed by atoms with Crippen molar-refractivity contribution in [1.82, 2.24) is 4.90 Å². The highest BCUT2D eigenvalue weighted by Gasteiger charge is 2.30. The molecule has 2 N–H and O–H groups in total. The van der Waals surface area contributed by atoms with Gasteiger partial charge in [0.2, 0.25) is 5.91 Å². The van der Waals surface area contributed by atoms with Crippen LogP contribution in [0.25, 0.3) is 0 Å². The first-order chi connectivity index (χ1) is 9.17. The van der Waals surface area contributed by atoms with Gasteiger partial charge in [0.25, 0.3) is 0 Å². The molecule has 0 fully saturated rings. The molecule has 2 heterocycles. The first kappa shape index (κ1) is 14.5. The Hall–Kier alpha value is -0.870. The summed E-state index contributed by atoms with van der Waals surface area (Å²) in [7, 11) is 0. The molecule has 106 valence electrons. The van der Waals surface area contributed by atoms with Crippen LogP contribution in [0, 0.1) is 0 Å². The number of carbonyl (C=O) groups is 1. The molecule has 3 nitrogen and oxygen atoms in total. The lowest BCUT2D eigenvalue weighted by molar-refractivity contribution is -0.134. The van der Waals surface area contributed by atoms with Crippen LogP contribution in [0.4, 0.5) is 0 Å². The van der Waals surface area contributed by atoms with Gasteiger partial charge in [-0.1, -0.05) is 20.3 Å². The van der Waals surface area contributed by atoms with Crippen molar-refractivity contribution >= 4 is 17.2 Å². The molecule has 1 aromatic heterocycles. The van der Waals surface area contributed by atoms with E-state index in [4.69, 9.17) is 5.73 Å². The van der Waals surface area contributed by atoms with Gasteiger partial charge < -0.3 is 10.6 Å². The van der Waals surface area contributed by atoms with Crippen molar-refractivity contribution < 1.29 is 4.79 Å². The average Bonchev–Trinajstić information content (AvgIpc) is 2.85. The molecule has 0 bridgehead atoms. The number of amides is 1. The highest BCUT2D eigenvalue weighted by Crippen LogP contribution is 2.35. The number of hydrogen-bond acceptors (Lipinski definition) is 3. The maximum atomic E-state index is 12.4. The zero-order chi connectivity index (χ0) is 13.8. The molecule has 1 aromatic rings. The van der Waals surface area contributed by atoms with Gasteiger partial charge in [-0.25, -0.2) is 0 Å². The van der Waals surface area contributed by atoms with Gasteiger partial charge in [0.1, 0.15) is 0 Å². The first-order valence-corrected chi connectivity index (χ1v) is 8.16. The van der Waals surface area contributed by atoms with Gasteiger partial charge in [-0.3, -0.25) is 4.79 Å². The van der Waals surface area contributed by atoms with Crippen LogP contribution in [0.3, 0.4) is 0 Å². The summed E-state index contributed by atoms with van der Waals surface area (Å²) in [6.07, 6.45) is 4.45. The van der Waals surface area contributed by atoms with Crippen LogP contribution >= 0.6 is 11.3 Å². The molecule has 0 aliphatic carbocycles. The number of thiophene rings is 1. The quantitative estimate of drug-likeness (QED) is 0.901. The summed E-state index contributed by atoms with van der Waals surface area (Å²) in [4.78, 5) is 15.9.